The number of rotatable bonds is 3. The number of likely N-dealkylation sites (tertiary alicyclic amines) is 1. The summed E-state index contributed by atoms with van der Waals surface area (Å²) in [5.41, 5.74) is 2.06. The van der Waals surface area contributed by atoms with Crippen molar-refractivity contribution in [1.82, 2.24) is 9.88 Å². The van der Waals surface area contributed by atoms with Gasteiger partial charge in [0, 0.05) is 29.1 Å². The number of oxazole rings is 1. The molecule has 3 aromatic rings. The zero-order valence-electron chi connectivity index (χ0n) is 14.9. The third-order valence-electron chi connectivity index (χ3n) is 4.59. The Bertz CT molecular complexity index is 1060. The summed E-state index contributed by atoms with van der Waals surface area (Å²) in [6.45, 7) is 0.398. The lowest BCUT2D eigenvalue weighted by molar-refractivity contribution is -0.135. The molecular formula is C20H16Cl2N2O4. The van der Waals surface area contributed by atoms with Gasteiger partial charge in [0.2, 0.25) is 11.8 Å². The molecule has 2 heterocycles. The SMILES string of the molecule is CN1CC(OC(=O)c2ccc3nc(-c4cc(Cl)cc(Cl)c4)oc3c2)CCC1=O. The van der Waals surface area contributed by atoms with Gasteiger partial charge in [-0.25, -0.2) is 9.78 Å². The van der Waals surface area contributed by atoms with E-state index in [1.165, 1.54) is 0 Å². The Morgan fingerprint density at radius 3 is 2.68 bits per heavy atom. The van der Waals surface area contributed by atoms with Gasteiger partial charge in [-0.15, -0.1) is 0 Å². The third-order valence-corrected chi connectivity index (χ3v) is 5.03. The lowest BCUT2D eigenvalue weighted by atomic mass is 10.1. The number of hydrogen-bond acceptors (Lipinski definition) is 5. The predicted molar refractivity (Wildman–Crippen MR) is 106 cm³/mol. The number of likely N-dealkylation sites (N-methyl/N-ethyl adjacent to an activating group) is 1. The molecule has 0 spiro atoms. The third kappa shape index (κ3) is 3.84. The van der Waals surface area contributed by atoms with Gasteiger partial charge in [-0.3, -0.25) is 4.79 Å². The van der Waals surface area contributed by atoms with Crippen LogP contribution in [0.2, 0.25) is 10.0 Å². The van der Waals surface area contributed by atoms with Crippen LogP contribution in [-0.2, 0) is 9.53 Å². The van der Waals surface area contributed by atoms with Crippen molar-refractivity contribution < 1.29 is 18.7 Å². The highest BCUT2D eigenvalue weighted by Gasteiger charge is 2.26. The quantitative estimate of drug-likeness (QED) is 0.582. The zero-order valence-corrected chi connectivity index (χ0v) is 16.5. The second-order valence-corrected chi connectivity index (χ2v) is 7.57. The van der Waals surface area contributed by atoms with Crippen molar-refractivity contribution >= 4 is 46.2 Å². The summed E-state index contributed by atoms with van der Waals surface area (Å²) >= 11 is 12.1. The maximum atomic E-state index is 12.5. The first kappa shape index (κ1) is 18.8. The number of benzene rings is 2. The van der Waals surface area contributed by atoms with E-state index < -0.39 is 5.97 Å². The van der Waals surface area contributed by atoms with Crippen LogP contribution in [0.1, 0.15) is 23.2 Å². The predicted octanol–water partition coefficient (Wildman–Crippen LogP) is 4.58. The van der Waals surface area contributed by atoms with E-state index in [9.17, 15) is 9.59 Å². The summed E-state index contributed by atoms with van der Waals surface area (Å²) in [6, 6.07) is 9.96. The molecule has 0 radical (unpaired) electrons. The molecule has 4 rings (SSSR count). The first-order chi connectivity index (χ1) is 13.4. The number of aromatic nitrogens is 1. The minimum atomic E-state index is -0.460. The van der Waals surface area contributed by atoms with Crippen molar-refractivity contribution in [3.8, 4) is 11.5 Å². The number of esters is 1. The number of nitrogens with zero attached hydrogens (tertiary/aromatic N) is 2. The van der Waals surface area contributed by atoms with Crippen molar-refractivity contribution in [3.05, 3.63) is 52.0 Å². The number of halogens is 2. The van der Waals surface area contributed by atoms with E-state index in [0.29, 0.717) is 57.5 Å². The van der Waals surface area contributed by atoms with E-state index >= 15 is 0 Å². The van der Waals surface area contributed by atoms with Crippen LogP contribution in [0.3, 0.4) is 0 Å². The molecule has 0 saturated carbocycles. The Morgan fingerprint density at radius 1 is 1.21 bits per heavy atom. The molecular weight excluding hydrogens is 403 g/mol. The second-order valence-electron chi connectivity index (χ2n) is 6.70. The molecule has 144 valence electrons. The van der Waals surface area contributed by atoms with Crippen molar-refractivity contribution in [2.24, 2.45) is 0 Å². The largest absolute Gasteiger partial charge is 0.457 e. The van der Waals surface area contributed by atoms with Crippen LogP contribution in [0.5, 0.6) is 0 Å². The van der Waals surface area contributed by atoms with E-state index in [0.717, 1.165) is 0 Å². The molecule has 0 aliphatic carbocycles. The van der Waals surface area contributed by atoms with Gasteiger partial charge in [0.05, 0.1) is 12.1 Å². The molecule has 1 aliphatic heterocycles. The van der Waals surface area contributed by atoms with Crippen LogP contribution in [0.25, 0.3) is 22.6 Å². The Labute approximate surface area is 171 Å². The van der Waals surface area contributed by atoms with Crippen molar-refractivity contribution in [3.63, 3.8) is 0 Å². The van der Waals surface area contributed by atoms with Crippen molar-refractivity contribution in [2.75, 3.05) is 13.6 Å². The van der Waals surface area contributed by atoms with E-state index in [1.807, 2.05) is 0 Å². The molecule has 0 N–H and O–H groups in total. The first-order valence-electron chi connectivity index (χ1n) is 8.71. The Kier molecular flexibility index (Phi) is 5.00. The van der Waals surface area contributed by atoms with Crippen LogP contribution in [-0.4, -0.2) is 41.5 Å². The Balaban J connectivity index is 1.56. The number of piperidine rings is 1. The normalized spacial score (nSPS) is 17.2. The highest BCUT2D eigenvalue weighted by atomic mass is 35.5. The van der Waals surface area contributed by atoms with Crippen LogP contribution in [0.15, 0.2) is 40.8 Å². The molecule has 1 aromatic heterocycles. The molecule has 6 nitrogen and oxygen atoms in total. The Morgan fingerprint density at radius 2 is 1.96 bits per heavy atom. The van der Waals surface area contributed by atoms with Gasteiger partial charge in [-0.05, 0) is 42.8 Å². The summed E-state index contributed by atoms with van der Waals surface area (Å²) < 4.78 is 11.3. The van der Waals surface area contributed by atoms with E-state index in [1.54, 1.807) is 48.3 Å². The summed E-state index contributed by atoms with van der Waals surface area (Å²) in [4.78, 5) is 30.0. The average Bonchev–Trinajstić information content (AvgIpc) is 3.07. The number of carbonyl (C=O) groups excluding carboxylic acids is 2. The second kappa shape index (κ2) is 7.45. The summed E-state index contributed by atoms with van der Waals surface area (Å²) in [5, 5.41) is 0.954. The molecule has 1 amide bonds. The number of carbonyl (C=O) groups is 2. The lowest BCUT2D eigenvalue weighted by Gasteiger charge is -2.29. The zero-order chi connectivity index (χ0) is 19.8. The molecule has 28 heavy (non-hydrogen) atoms. The lowest BCUT2D eigenvalue weighted by Crippen LogP contribution is -2.41. The van der Waals surface area contributed by atoms with E-state index in [2.05, 4.69) is 4.98 Å². The molecule has 1 fully saturated rings. The van der Waals surface area contributed by atoms with Gasteiger partial charge in [-0.1, -0.05) is 23.2 Å². The number of fused-ring (bicyclic) bond motifs is 1. The fraction of sp³-hybridized carbons (Fsp3) is 0.250. The van der Waals surface area contributed by atoms with Gasteiger partial charge in [0.25, 0.3) is 0 Å². The molecule has 1 saturated heterocycles. The maximum absolute atomic E-state index is 12.5. The topological polar surface area (TPSA) is 72.6 Å². The van der Waals surface area contributed by atoms with Crippen molar-refractivity contribution in [2.45, 2.75) is 18.9 Å². The van der Waals surface area contributed by atoms with E-state index in [-0.39, 0.29) is 12.0 Å². The molecule has 1 atom stereocenters. The van der Waals surface area contributed by atoms with Gasteiger partial charge in [0.15, 0.2) is 5.58 Å². The standard InChI is InChI=1S/C20H16Cl2N2O4/c1-24-10-15(3-5-18(24)25)27-20(26)11-2-4-16-17(8-11)28-19(23-16)12-6-13(21)9-14(22)7-12/h2,4,6-9,15H,3,5,10H2,1H3. The molecule has 1 aliphatic rings. The van der Waals surface area contributed by atoms with E-state index in [4.69, 9.17) is 32.4 Å². The first-order valence-corrected chi connectivity index (χ1v) is 9.46. The summed E-state index contributed by atoms with van der Waals surface area (Å²) in [5.74, 6) is -0.0419. The van der Waals surface area contributed by atoms with Crippen molar-refractivity contribution in [1.29, 1.82) is 0 Å². The highest BCUT2D eigenvalue weighted by Crippen LogP contribution is 2.30. The minimum absolute atomic E-state index is 0.0593. The monoisotopic (exact) mass is 418 g/mol. The summed E-state index contributed by atoms with van der Waals surface area (Å²) in [6.07, 6.45) is 0.588. The number of amides is 1. The fourth-order valence-electron chi connectivity index (χ4n) is 3.14. The molecule has 0 bridgehead atoms. The van der Waals surface area contributed by atoms with Crippen LogP contribution in [0, 0.1) is 0 Å². The molecule has 2 aromatic carbocycles. The minimum Gasteiger partial charge on any atom is -0.457 e. The van der Waals surface area contributed by atoms with Gasteiger partial charge in [0.1, 0.15) is 11.6 Å². The fourth-order valence-corrected chi connectivity index (χ4v) is 3.67. The van der Waals surface area contributed by atoms with Crippen LogP contribution < -0.4 is 0 Å². The smallest absolute Gasteiger partial charge is 0.338 e. The van der Waals surface area contributed by atoms with Gasteiger partial charge >= 0.3 is 5.97 Å². The van der Waals surface area contributed by atoms with Gasteiger partial charge in [-0.2, -0.15) is 0 Å². The summed E-state index contributed by atoms with van der Waals surface area (Å²) in [7, 11) is 1.70. The Hall–Kier alpha value is -2.57. The molecule has 1 unspecified atom stereocenters. The van der Waals surface area contributed by atoms with Gasteiger partial charge < -0.3 is 14.1 Å². The molecule has 8 heteroatoms. The van der Waals surface area contributed by atoms with Crippen LogP contribution in [0.4, 0.5) is 0 Å². The average molecular weight is 419 g/mol. The maximum Gasteiger partial charge on any atom is 0.338 e. The number of hydrogen-bond donors (Lipinski definition) is 0. The van der Waals surface area contributed by atoms with Crippen LogP contribution >= 0.6 is 23.2 Å². The number of ether oxygens (including phenoxy) is 1. The highest BCUT2D eigenvalue weighted by molar-refractivity contribution is 6.35.